The van der Waals surface area contributed by atoms with Gasteiger partial charge in [-0.1, -0.05) is 42.5 Å². The van der Waals surface area contributed by atoms with Gasteiger partial charge < -0.3 is 4.74 Å². The van der Waals surface area contributed by atoms with Crippen molar-refractivity contribution in [1.29, 1.82) is 5.26 Å². The van der Waals surface area contributed by atoms with E-state index < -0.39 is 0 Å². The predicted molar refractivity (Wildman–Crippen MR) is 76.1 cm³/mol. The number of halogens is 1. The second-order valence-corrected chi connectivity index (χ2v) is 4.45. The van der Waals surface area contributed by atoms with Crippen molar-refractivity contribution in [3.05, 3.63) is 65.2 Å². The van der Waals surface area contributed by atoms with Crippen LogP contribution in [0.1, 0.15) is 16.7 Å². The maximum absolute atomic E-state index is 8.77. The Bertz CT molecular complexity index is 572. The average Bonchev–Trinajstić information content (AvgIpc) is 2.47. The summed E-state index contributed by atoms with van der Waals surface area (Å²) in [5.74, 6) is 1.29. The lowest BCUT2D eigenvalue weighted by atomic mass is 10.1. The minimum absolute atomic E-state index is 0.362. The average molecular weight is 272 g/mol. The second kappa shape index (κ2) is 6.82. The van der Waals surface area contributed by atoms with E-state index in [1.165, 1.54) is 0 Å². The Morgan fingerprint density at radius 2 is 1.68 bits per heavy atom. The van der Waals surface area contributed by atoms with E-state index in [2.05, 4.69) is 6.07 Å². The maximum Gasteiger partial charge on any atom is 0.124 e. The summed E-state index contributed by atoms with van der Waals surface area (Å²) in [7, 11) is 0. The molecule has 0 fully saturated rings. The molecule has 0 unspecified atom stereocenters. The zero-order chi connectivity index (χ0) is 13.5. The summed E-state index contributed by atoms with van der Waals surface area (Å²) >= 11 is 5.75. The molecular weight excluding hydrogens is 258 g/mol. The van der Waals surface area contributed by atoms with Gasteiger partial charge in [-0.05, 0) is 17.2 Å². The van der Waals surface area contributed by atoms with Gasteiger partial charge in [0.1, 0.15) is 12.4 Å². The zero-order valence-corrected chi connectivity index (χ0v) is 11.2. The molecule has 96 valence electrons. The standard InChI is InChI=1S/C16H14ClNO/c17-11-13-5-7-14(8-6-13)12-19-16-4-2-1-3-15(16)9-10-18/h1-8H,9,11-12H2. The number of hydrogen-bond acceptors (Lipinski definition) is 2. The van der Waals surface area contributed by atoms with Crippen molar-refractivity contribution in [3.63, 3.8) is 0 Å². The molecule has 0 spiro atoms. The normalized spacial score (nSPS) is 9.89. The Balaban J connectivity index is 2.03. The summed E-state index contributed by atoms with van der Waals surface area (Å²) in [5.41, 5.74) is 3.10. The van der Waals surface area contributed by atoms with Crippen LogP contribution in [0.5, 0.6) is 5.75 Å². The van der Waals surface area contributed by atoms with Gasteiger partial charge in [-0.3, -0.25) is 0 Å². The molecule has 0 aromatic heterocycles. The molecule has 0 saturated carbocycles. The molecule has 0 aliphatic rings. The van der Waals surface area contributed by atoms with Gasteiger partial charge in [-0.2, -0.15) is 5.26 Å². The van der Waals surface area contributed by atoms with E-state index in [9.17, 15) is 0 Å². The van der Waals surface area contributed by atoms with E-state index in [0.717, 1.165) is 22.4 Å². The summed E-state index contributed by atoms with van der Waals surface area (Å²) in [6, 6.07) is 17.8. The first-order chi connectivity index (χ1) is 9.33. The molecule has 2 aromatic carbocycles. The Hall–Kier alpha value is -1.98. The Labute approximate surface area is 118 Å². The Morgan fingerprint density at radius 3 is 2.37 bits per heavy atom. The van der Waals surface area contributed by atoms with Crippen molar-refractivity contribution in [2.75, 3.05) is 0 Å². The van der Waals surface area contributed by atoms with E-state index in [0.29, 0.717) is 18.9 Å². The van der Waals surface area contributed by atoms with Crippen LogP contribution >= 0.6 is 11.6 Å². The molecule has 2 nitrogen and oxygen atoms in total. The van der Waals surface area contributed by atoms with E-state index in [1.807, 2.05) is 48.5 Å². The highest BCUT2D eigenvalue weighted by molar-refractivity contribution is 6.17. The lowest BCUT2D eigenvalue weighted by Crippen LogP contribution is -1.98. The Kier molecular flexibility index (Phi) is 4.83. The van der Waals surface area contributed by atoms with Gasteiger partial charge in [0.15, 0.2) is 0 Å². The van der Waals surface area contributed by atoms with Crippen molar-refractivity contribution in [2.24, 2.45) is 0 Å². The number of ether oxygens (including phenoxy) is 1. The van der Waals surface area contributed by atoms with Gasteiger partial charge in [0.2, 0.25) is 0 Å². The van der Waals surface area contributed by atoms with E-state index >= 15 is 0 Å². The third kappa shape index (κ3) is 3.74. The Morgan fingerprint density at radius 1 is 1.00 bits per heavy atom. The molecule has 0 aliphatic heterocycles. The van der Waals surface area contributed by atoms with Crippen LogP contribution in [-0.4, -0.2) is 0 Å². The van der Waals surface area contributed by atoms with Crippen LogP contribution in [0.4, 0.5) is 0 Å². The number of rotatable bonds is 5. The largest absolute Gasteiger partial charge is 0.489 e. The molecular formula is C16H14ClNO. The number of hydrogen-bond donors (Lipinski definition) is 0. The minimum atomic E-state index is 0.362. The smallest absolute Gasteiger partial charge is 0.124 e. The molecule has 19 heavy (non-hydrogen) atoms. The van der Waals surface area contributed by atoms with Gasteiger partial charge in [0.25, 0.3) is 0 Å². The van der Waals surface area contributed by atoms with Crippen LogP contribution in [0.15, 0.2) is 48.5 Å². The number of benzene rings is 2. The van der Waals surface area contributed by atoms with Crippen LogP contribution in [-0.2, 0) is 18.9 Å². The number of para-hydroxylation sites is 1. The summed E-state index contributed by atoms with van der Waals surface area (Å²) in [6.45, 7) is 0.491. The maximum atomic E-state index is 8.77. The SMILES string of the molecule is N#CCc1ccccc1OCc1ccc(CCl)cc1. The lowest BCUT2D eigenvalue weighted by molar-refractivity contribution is 0.303. The predicted octanol–water partition coefficient (Wildman–Crippen LogP) is 4.07. The number of alkyl halides is 1. The second-order valence-electron chi connectivity index (χ2n) is 4.18. The van der Waals surface area contributed by atoms with E-state index in [-0.39, 0.29) is 0 Å². The third-order valence-electron chi connectivity index (χ3n) is 2.81. The molecule has 0 bridgehead atoms. The molecule has 0 aliphatic carbocycles. The third-order valence-corrected chi connectivity index (χ3v) is 3.12. The summed E-state index contributed by atoms with van der Waals surface area (Å²) in [5, 5.41) is 8.77. The zero-order valence-electron chi connectivity index (χ0n) is 10.5. The molecule has 0 amide bonds. The fraction of sp³-hybridized carbons (Fsp3) is 0.188. The van der Waals surface area contributed by atoms with Crippen molar-refractivity contribution < 1.29 is 4.74 Å². The molecule has 0 N–H and O–H groups in total. The van der Waals surface area contributed by atoms with Gasteiger partial charge in [-0.25, -0.2) is 0 Å². The molecule has 2 rings (SSSR count). The number of nitriles is 1. The molecule has 2 aromatic rings. The van der Waals surface area contributed by atoms with Crippen LogP contribution in [0.3, 0.4) is 0 Å². The highest BCUT2D eigenvalue weighted by atomic mass is 35.5. The van der Waals surface area contributed by atoms with Crippen LogP contribution in [0.2, 0.25) is 0 Å². The van der Waals surface area contributed by atoms with Gasteiger partial charge in [0.05, 0.1) is 12.5 Å². The van der Waals surface area contributed by atoms with Gasteiger partial charge >= 0.3 is 0 Å². The van der Waals surface area contributed by atoms with E-state index in [1.54, 1.807) is 0 Å². The van der Waals surface area contributed by atoms with Gasteiger partial charge in [-0.15, -0.1) is 11.6 Å². The molecule has 0 heterocycles. The molecule has 0 saturated heterocycles. The van der Waals surface area contributed by atoms with E-state index in [4.69, 9.17) is 21.6 Å². The summed E-state index contributed by atoms with van der Waals surface area (Å²) in [6.07, 6.45) is 0.362. The van der Waals surface area contributed by atoms with Crippen LogP contribution < -0.4 is 4.74 Å². The van der Waals surface area contributed by atoms with Crippen LogP contribution in [0, 0.1) is 11.3 Å². The molecule has 0 atom stereocenters. The highest BCUT2D eigenvalue weighted by Gasteiger charge is 2.02. The molecule has 3 heteroatoms. The van der Waals surface area contributed by atoms with Gasteiger partial charge in [0, 0.05) is 11.4 Å². The topological polar surface area (TPSA) is 33.0 Å². The van der Waals surface area contributed by atoms with Crippen molar-refractivity contribution in [1.82, 2.24) is 0 Å². The first-order valence-electron chi connectivity index (χ1n) is 6.05. The first kappa shape index (κ1) is 13.5. The monoisotopic (exact) mass is 271 g/mol. The number of nitrogens with zero attached hydrogens (tertiary/aromatic N) is 1. The minimum Gasteiger partial charge on any atom is -0.489 e. The fourth-order valence-corrected chi connectivity index (χ4v) is 1.94. The van der Waals surface area contributed by atoms with Crippen LogP contribution in [0.25, 0.3) is 0 Å². The highest BCUT2D eigenvalue weighted by Crippen LogP contribution is 2.19. The summed E-state index contributed by atoms with van der Waals surface area (Å²) < 4.78 is 5.77. The van der Waals surface area contributed by atoms with Crippen molar-refractivity contribution in [2.45, 2.75) is 18.9 Å². The quantitative estimate of drug-likeness (QED) is 0.768. The molecule has 0 radical (unpaired) electrons. The summed E-state index contributed by atoms with van der Waals surface area (Å²) in [4.78, 5) is 0. The first-order valence-corrected chi connectivity index (χ1v) is 6.58. The van der Waals surface area contributed by atoms with Crippen molar-refractivity contribution >= 4 is 11.6 Å². The fourth-order valence-electron chi connectivity index (χ4n) is 1.76. The van der Waals surface area contributed by atoms with Crippen molar-refractivity contribution in [3.8, 4) is 11.8 Å². The lowest BCUT2D eigenvalue weighted by Gasteiger charge is -2.09.